The van der Waals surface area contributed by atoms with Crippen LogP contribution in [0.5, 0.6) is 0 Å². The number of carbonyl (C=O) groups excluding carboxylic acids is 1. The van der Waals surface area contributed by atoms with Gasteiger partial charge in [0.05, 0.1) is 6.04 Å². The highest BCUT2D eigenvalue weighted by atomic mass is 32.1. The minimum absolute atomic E-state index is 0.103. The fourth-order valence-corrected chi connectivity index (χ4v) is 3.62. The Balaban J connectivity index is 2.00. The highest BCUT2D eigenvalue weighted by Gasteiger charge is 2.30. The van der Waals surface area contributed by atoms with Gasteiger partial charge in [0.15, 0.2) is 0 Å². The predicted molar refractivity (Wildman–Crippen MR) is 79.1 cm³/mol. The zero-order valence-corrected chi connectivity index (χ0v) is 12.5. The summed E-state index contributed by atoms with van der Waals surface area (Å²) < 4.78 is 0. The lowest BCUT2D eigenvalue weighted by Crippen LogP contribution is -2.45. The Labute approximate surface area is 119 Å². The standard InChI is InChI=1S/C14H23N3OS/c1-10(15)13(12-5-8-19-9-12)17-6-3-11(4-7-17)14(18)16-2/h5,8-11,13H,3-4,6-7,15H2,1-2H3,(H,16,18). The van der Waals surface area contributed by atoms with Gasteiger partial charge in [-0.25, -0.2) is 0 Å². The lowest BCUT2D eigenvalue weighted by Gasteiger charge is -2.38. The Morgan fingerprint density at radius 2 is 2.21 bits per heavy atom. The van der Waals surface area contributed by atoms with Crippen molar-refractivity contribution in [2.24, 2.45) is 11.7 Å². The molecule has 0 saturated carbocycles. The maximum Gasteiger partial charge on any atom is 0.222 e. The zero-order valence-electron chi connectivity index (χ0n) is 11.6. The van der Waals surface area contributed by atoms with E-state index in [0.29, 0.717) is 0 Å². The summed E-state index contributed by atoms with van der Waals surface area (Å²) >= 11 is 1.71. The average molecular weight is 281 g/mol. The van der Waals surface area contributed by atoms with Crippen molar-refractivity contribution < 1.29 is 4.79 Å². The second-order valence-corrected chi connectivity index (χ2v) is 6.07. The molecule has 1 amide bonds. The lowest BCUT2D eigenvalue weighted by atomic mass is 9.92. The second-order valence-electron chi connectivity index (χ2n) is 5.29. The Hall–Kier alpha value is -0.910. The summed E-state index contributed by atoms with van der Waals surface area (Å²) in [4.78, 5) is 14.1. The SMILES string of the molecule is CNC(=O)C1CCN(C(c2ccsc2)C(C)N)CC1. The fraction of sp³-hybridized carbons (Fsp3) is 0.643. The Bertz CT molecular complexity index is 397. The van der Waals surface area contributed by atoms with Crippen molar-refractivity contribution in [1.82, 2.24) is 10.2 Å². The molecule has 0 spiro atoms. The molecule has 1 aliphatic rings. The molecule has 5 heteroatoms. The molecule has 0 radical (unpaired) electrons. The van der Waals surface area contributed by atoms with Crippen LogP contribution >= 0.6 is 11.3 Å². The van der Waals surface area contributed by atoms with E-state index in [2.05, 4.69) is 34.0 Å². The van der Waals surface area contributed by atoms with E-state index in [1.807, 2.05) is 0 Å². The Morgan fingerprint density at radius 3 is 2.68 bits per heavy atom. The number of likely N-dealkylation sites (tertiary alicyclic amines) is 1. The Morgan fingerprint density at radius 1 is 1.53 bits per heavy atom. The number of hydrogen-bond donors (Lipinski definition) is 2. The number of carbonyl (C=O) groups is 1. The van der Waals surface area contributed by atoms with E-state index < -0.39 is 0 Å². The Kier molecular flexibility index (Phi) is 4.96. The van der Waals surface area contributed by atoms with E-state index >= 15 is 0 Å². The van der Waals surface area contributed by atoms with Crippen LogP contribution in [0.15, 0.2) is 16.8 Å². The minimum Gasteiger partial charge on any atom is -0.359 e. The molecule has 2 unspecified atom stereocenters. The largest absolute Gasteiger partial charge is 0.359 e. The highest BCUT2D eigenvalue weighted by molar-refractivity contribution is 7.07. The van der Waals surface area contributed by atoms with E-state index in [4.69, 9.17) is 5.73 Å². The summed E-state index contributed by atoms with van der Waals surface area (Å²) in [6, 6.07) is 2.53. The van der Waals surface area contributed by atoms with Crippen molar-refractivity contribution in [3.63, 3.8) is 0 Å². The highest BCUT2D eigenvalue weighted by Crippen LogP contribution is 2.30. The van der Waals surface area contributed by atoms with Gasteiger partial charge in [-0.05, 0) is 55.2 Å². The molecule has 1 aliphatic heterocycles. The fourth-order valence-electron chi connectivity index (χ4n) is 2.93. The lowest BCUT2D eigenvalue weighted by molar-refractivity contribution is -0.126. The number of nitrogens with one attached hydrogen (secondary N) is 1. The van der Waals surface area contributed by atoms with Gasteiger partial charge in [0.2, 0.25) is 5.91 Å². The first kappa shape index (κ1) is 14.5. The van der Waals surface area contributed by atoms with Crippen molar-refractivity contribution in [3.8, 4) is 0 Å². The predicted octanol–water partition coefficient (Wildman–Crippen LogP) is 1.59. The van der Waals surface area contributed by atoms with Gasteiger partial charge in [-0.1, -0.05) is 0 Å². The van der Waals surface area contributed by atoms with Crippen molar-refractivity contribution in [2.45, 2.75) is 31.8 Å². The number of amides is 1. The summed E-state index contributed by atoms with van der Waals surface area (Å²) in [6.07, 6.45) is 1.85. The van der Waals surface area contributed by atoms with Crippen LogP contribution in [0.25, 0.3) is 0 Å². The number of thiophene rings is 1. The third-order valence-corrected chi connectivity index (χ3v) is 4.62. The number of nitrogens with zero attached hydrogens (tertiary/aromatic N) is 1. The first-order chi connectivity index (χ1) is 9.13. The third-order valence-electron chi connectivity index (χ3n) is 3.92. The van der Waals surface area contributed by atoms with Gasteiger partial charge in [-0.15, -0.1) is 0 Å². The number of piperidine rings is 1. The summed E-state index contributed by atoms with van der Waals surface area (Å²) in [7, 11) is 1.71. The van der Waals surface area contributed by atoms with Crippen LogP contribution in [0.2, 0.25) is 0 Å². The first-order valence-electron chi connectivity index (χ1n) is 6.86. The van der Waals surface area contributed by atoms with E-state index in [1.54, 1.807) is 18.4 Å². The summed E-state index contributed by atoms with van der Waals surface area (Å²) in [5, 5.41) is 7.03. The van der Waals surface area contributed by atoms with Gasteiger partial charge in [-0.3, -0.25) is 9.69 Å². The summed E-state index contributed by atoms with van der Waals surface area (Å²) in [5.41, 5.74) is 7.47. The molecule has 1 fully saturated rings. The molecule has 3 N–H and O–H groups in total. The van der Waals surface area contributed by atoms with Gasteiger partial charge < -0.3 is 11.1 Å². The summed E-state index contributed by atoms with van der Waals surface area (Å²) in [5.74, 6) is 0.338. The van der Waals surface area contributed by atoms with E-state index in [0.717, 1.165) is 25.9 Å². The van der Waals surface area contributed by atoms with E-state index in [1.165, 1.54) is 5.56 Å². The van der Waals surface area contributed by atoms with Crippen molar-refractivity contribution >= 4 is 17.2 Å². The summed E-state index contributed by atoms with van der Waals surface area (Å²) in [6.45, 7) is 3.95. The van der Waals surface area contributed by atoms with E-state index in [9.17, 15) is 4.79 Å². The van der Waals surface area contributed by atoms with Crippen LogP contribution < -0.4 is 11.1 Å². The van der Waals surface area contributed by atoms with Crippen LogP contribution in [0.3, 0.4) is 0 Å². The molecule has 4 nitrogen and oxygen atoms in total. The molecule has 2 rings (SSSR count). The van der Waals surface area contributed by atoms with Crippen LogP contribution in [0.4, 0.5) is 0 Å². The van der Waals surface area contributed by atoms with Crippen LogP contribution in [0.1, 0.15) is 31.4 Å². The monoisotopic (exact) mass is 281 g/mol. The number of nitrogens with two attached hydrogens (primary N) is 1. The normalized spacial score (nSPS) is 21.0. The van der Waals surface area contributed by atoms with Crippen molar-refractivity contribution in [1.29, 1.82) is 0 Å². The molecule has 0 aromatic carbocycles. The minimum atomic E-state index is 0.103. The first-order valence-corrected chi connectivity index (χ1v) is 7.81. The molecule has 19 heavy (non-hydrogen) atoms. The van der Waals surface area contributed by atoms with Crippen LogP contribution in [-0.4, -0.2) is 37.0 Å². The van der Waals surface area contributed by atoms with Gasteiger partial charge >= 0.3 is 0 Å². The molecular weight excluding hydrogens is 258 g/mol. The maximum absolute atomic E-state index is 11.7. The number of hydrogen-bond acceptors (Lipinski definition) is 4. The molecule has 2 atom stereocenters. The van der Waals surface area contributed by atoms with E-state index in [-0.39, 0.29) is 23.9 Å². The molecule has 2 heterocycles. The molecule has 0 aliphatic carbocycles. The third kappa shape index (κ3) is 3.35. The van der Waals surface area contributed by atoms with Gasteiger partial charge in [0.1, 0.15) is 0 Å². The second kappa shape index (κ2) is 6.50. The molecule has 106 valence electrons. The van der Waals surface area contributed by atoms with Gasteiger partial charge in [0.25, 0.3) is 0 Å². The molecular formula is C14H23N3OS. The molecule has 1 saturated heterocycles. The quantitative estimate of drug-likeness (QED) is 0.881. The molecule has 1 aromatic heterocycles. The number of rotatable bonds is 4. The maximum atomic E-state index is 11.7. The molecule has 0 bridgehead atoms. The van der Waals surface area contributed by atoms with Crippen LogP contribution in [-0.2, 0) is 4.79 Å². The average Bonchev–Trinajstić information content (AvgIpc) is 2.92. The van der Waals surface area contributed by atoms with Crippen LogP contribution in [0, 0.1) is 5.92 Å². The van der Waals surface area contributed by atoms with Gasteiger partial charge in [-0.2, -0.15) is 11.3 Å². The van der Waals surface area contributed by atoms with Gasteiger partial charge in [0, 0.05) is 19.0 Å². The molecule has 1 aromatic rings. The topological polar surface area (TPSA) is 58.4 Å². The van der Waals surface area contributed by atoms with Crippen molar-refractivity contribution in [3.05, 3.63) is 22.4 Å². The smallest absolute Gasteiger partial charge is 0.222 e. The zero-order chi connectivity index (χ0) is 13.8. The van der Waals surface area contributed by atoms with Crippen molar-refractivity contribution in [2.75, 3.05) is 20.1 Å².